The molecule has 0 aliphatic carbocycles. The van der Waals surface area contributed by atoms with Gasteiger partial charge in [0.1, 0.15) is 6.04 Å². The van der Waals surface area contributed by atoms with Crippen molar-refractivity contribution in [2.45, 2.75) is 6.04 Å². The van der Waals surface area contributed by atoms with Crippen LogP contribution in [0.2, 0.25) is 0 Å². The molecular formula is C23H26N3+. The normalized spacial score (nSPS) is 15.3. The fourth-order valence-corrected chi connectivity index (χ4v) is 3.98. The average Bonchev–Trinajstić information content (AvgIpc) is 2.71. The third-order valence-corrected chi connectivity index (χ3v) is 5.34. The molecule has 0 bridgehead atoms. The summed E-state index contributed by atoms with van der Waals surface area (Å²) in [5.74, 6) is 0. The second kappa shape index (κ2) is 7.63. The Morgan fingerprint density at radius 1 is 0.692 bits per heavy atom. The van der Waals surface area contributed by atoms with Crippen LogP contribution in [0.3, 0.4) is 0 Å². The summed E-state index contributed by atoms with van der Waals surface area (Å²) in [6, 6.07) is 30.5. The highest BCUT2D eigenvalue weighted by molar-refractivity contribution is 5.53. The zero-order valence-corrected chi connectivity index (χ0v) is 15.0. The lowest BCUT2D eigenvalue weighted by molar-refractivity contribution is -0.926. The maximum absolute atomic E-state index is 5.82. The molecule has 1 aliphatic heterocycles. The molecule has 3 heteroatoms. The number of hydrogen-bond donors (Lipinski definition) is 2. The van der Waals surface area contributed by atoms with Gasteiger partial charge in [-0.25, -0.2) is 0 Å². The first-order valence-corrected chi connectivity index (χ1v) is 9.36. The van der Waals surface area contributed by atoms with Gasteiger partial charge in [-0.15, -0.1) is 0 Å². The van der Waals surface area contributed by atoms with Gasteiger partial charge in [-0.3, -0.25) is 0 Å². The topological polar surface area (TPSA) is 33.7 Å². The van der Waals surface area contributed by atoms with Gasteiger partial charge in [0.15, 0.2) is 0 Å². The van der Waals surface area contributed by atoms with Gasteiger partial charge < -0.3 is 15.5 Å². The predicted octanol–water partition coefficient (Wildman–Crippen LogP) is 2.76. The number of benzene rings is 3. The summed E-state index contributed by atoms with van der Waals surface area (Å²) >= 11 is 0. The van der Waals surface area contributed by atoms with E-state index in [0.717, 1.165) is 31.9 Å². The van der Waals surface area contributed by atoms with Crippen LogP contribution in [0.25, 0.3) is 0 Å². The molecule has 1 fully saturated rings. The van der Waals surface area contributed by atoms with E-state index >= 15 is 0 Å². The number of piperazine rings is 1. The highest BCUT2D eigenvalue weighted by atomic mass is 15.3. The molecule has 26 heavy (non-hydrogen) atoms. The number of hydrogen-bond acceptors (Lipinski definition) is 2. The van der Waals surface area contributed by atoms with Crippen LogP contribution in [0.4, 0.5) is 11.4 Å². The number of anilines is 2. The minimum absolute atomic E-state index is 0.394. The summed E-state index contributed by atoms with van der Waals surface area (Å²) in [5.41, 5.74) is 10.7. The van der Waals surface area contributed by atoms with Crippen molar-refractivity contribution in [2.24, 2.45) is 0 Å². The van der Waals surface area contributed by atoms with Gasteiger partial charge in [-0.1, -0.05) is 60.7 Å². The van der Waals surface area contributed by atoms with Crippen LogP contribution in [0.5, 0.6) is 0 Å². The smallest absolute Gasteiger partial charge is 0.139 e. The number of nitrogens with one attached hydrogen (secondary N) is 1. The summed E-state index contributed by atoms with van der Waals surface area (Å²) in [7, 11) is 0. The summed E-state index contributed by atoms with van der Waals surface area (Å²) in [5, 5.41) is 0. The first-order chi connectivity index (χ1) is 12.8. The minimum Gasteiger partial charge on any atom is -0.399 e. The van der Waals surface area contributed by atoms with Gasteiger partial charge in [0.05, 0.1) is 26.2 Å². The first-order valence-electron chi connectivity index (χ1n) is 9.36. The van der Waals surface area contributed by atoms with E-state index in [1.54, 1.807) is 4.90 Å². The first kappa shape index (κ1) is 16.7. The third-order valence-electron chi connectivity index (χ3n) is 5.34. The molecule has 0 saturated carbocycles. The molecule has 0 atom stereocenters. The van der Waals surface area contributed by atoms with Crippen LogP contribution in [0, 0.1) is 0 Å². The van der Waals surface area contributed by atoms with E-state index in [1.807, 2.05) is 12.1 Å². The van der Waals surface area contributed by atoms with E-state index in [2.05, 4.69) is 77.7 Å². The molecule has 3 N–H and O–H groups in total. The standard InChI is InChI=1S/C23H25N3/c24-21-11-13-22(14-12-21)25-15-17-26(18-16-25)23(19-7-3-1-4-8-19)20-9-5-2-6-10-20/h1-14,23H,15-18,24H2/p+1. The van der Waals surface area contributed by atoms with Gasteiger partial charge in [0.2, 0.25) is 0 Å². The highest BCUT2D eigenvalue weighted by Gasteiger charge is 2.29. The van der Waals surface area contributed by atoms with E-state index in [1.165, 1.54) is 16.8 Å². The molecule has 1 heterocycles. The highest BCUT2D eigenvalue weighted by Crippen LogP contribution is 2.20. The Kier molecular flexibility index (Phi) is 4.89. The van der Waals surface area contributed by atoms with E-state index < -0.39 is 0 Å². The average molecular weight is 344 g/mol. The van der Waals surface area contributed by atoms with E-state index in [0.29, 0.717) is 6.04 Å². The Morgan fingerprint density at radius 3 is 1.69 bits per heavy atom. The van der Waals surface area contributed by atoms with E-state index in [4.69, 9.17) is 5.73 Å². The van der Waals surface area contributed by atoms with E-state index in [-0.39, 0.29) is 0 Å². The maximum Gasteiger partial charge on any atom is 0.139 e. The molecule has 1 aliphatic rings. The molecule has 0 aromatic heterocycles. The fraction of sp³-hybridized carbons (Fsp3) is 0.217. The van der Waals surface area contributed by atoms with Crippen LogP contribution in [-0.4, -0.2) is 26.2 Å². The Bertz CT molecular complexity index is 768. The predicted molar refractivity (Wildman–Crippen MR) is 108 cm³/mol. The zero-order chi connectivity index (χ0) is 17.8. The van der Waals surface area contributed by atoms with Gasteiger partial charge in [0, 0.05) is 22.5 Å². The van der Waals surface area contributed by atoms with Crippen LogP contribution in [0.1, 0.15) is 17.2 Å². The van der Waals surface area contributed by atoms with E-state index in [9.17, 15) is 0 Å². The van der Waals surface area contributed by atoms with Crippen molar-refractivity contribution in [3.63, 3.8) is 0 Å². The van der Waals surface area contributed by atoms with Crippen LogP contribution in [0.15, 0.2) is 84.9 Å². The molecule has 0 amide bonds. The minimum atomic E-state index is 0.394. The van der Waals surface area contributed by atoms with Gasteiger partial charge in [-0.2, -0.15) is 0 Å². The summed E-state index contributed by atoms with van der Waals surface area (Å²) in [6.45, 7) is 4.38. The lowest BCUT2D eigenvalue weighted by atomic mass is 9.96. The second-order valence-corrected chi connectivity index (χ2v) is 6.99. The SMILES string of the molecule is Nc1ccc(N2CC[NH+](C(c3ccccc3)c3ccccc3)CC2)cc1. The molecule has 0 radical (unpaired) electrons. The number of quaternary nitrogens is 1. The van der Waals surface area contributed by atoms with Crippen molar-refractivity contribution in [3.05, 3.63) is 96.1 Å². The van der Waals surface area contributed by atoms with Crippen molar-refractivity contribution >= 4 is 11.4 Å². The number of nitrogens with two attached hydrogens (primary N) is 1. The van der Waals surface area contributed by atoms with Crippen molar-refractivity contribution in [1.29, 1.82) is 0 Å². The summed E-state index contributed by atoms with van der Waals surface area (Å²) in [6.07, 6.45) is 0. The van der Waals surface area contributed by atoms with Gasteiger partial charge in [0.25, 0.3) is 0 Å². The Balaban J connectivity index is 1.54. The Labute approximate surface area is 155 Å². The zero-order valence-electron chi connectivity index (χ0n) is 15.0. The van der Waals surface area contributed by atoms with Gasteiger partial charge in [-0.05, 0) is 24.3 Å². The largest absolute Gasteiger partial charge is 0.399 e. The molecular weight excluding hydrogens is 318 g/mol. The molecule has 0 unspecified atom stereocenters. The van der Waals surface area contributed by atoms with Crippen LogP contribution >= 0.6 is 0 Å². The number of nitrogen functional groups attached to an aromatic ring is 1. The monoisotopic (exact) mass is 344 g/mol. The quantitative estimate of drug-likeness (QED) is 0.714. The molecule has 0 spiro atoms. The van der Waals surface area contributed by atoms with Gasteiger partial charge >= 0.3 is 0 Å². The second-order valence-electron chi connectivity index (χ2n) is 6.99. The van der Waals surface area contributed by atoms with Crippen molar-refractivity contribution < 1.29 is 4.90 Å². The van der Waals surface area contributed by atoms with Crippen LogP contribution < -0.4 is 15.5 Å². The molecule has 132 valence electrons. The third kappa shape index (κ3) is 3.58. The molecule has 3 aromatic rings. The van der Waals surface area contributed by atoms with Crippen molar-refractivity contribution in [1.82, 2.24) is 0 Å². The van der Waals surface area contributed by atoms with Crippen molar-refractivity contribution in [3.8, 4) is 0 Å². The molecule has 3 nitrogen and oxygen atoms in total. The molecule has 3 aromatic carbocycles. The Hall–Kier alpha value is -2.78. The maximum atomic E-state index is 5.82. The fourth-order valence-electron chi connectivity index (χ4n) is 3.98. The molecule has 4 rings (SSSR count). The number of nitrogens with zero attached hydrogens (tertiary/aromatic N) is 1. The van der Waals surface area contributed by atoms with Crippen LogP contribution in [-0.2, 0) is 0 Å². The summed E-state index contributed by atoms with van der Waals surface area (Å²) in [4.78, 5) is 4.10. The lowest BCUT2D eigenvalue weighted by Gasteiger charge is -2.38. The lowest BCUT2D eigenvalue weighted by Crippen LogP contribution is -3.15. The summed E-state index contributed by atoms with van der Waals surface area (Å²) < 4.78 is 0. The molecule has 1 saturated heterocycles. The number of rotatable bonds is 4. The Morgan fingerprint density at radius 2 is 1.19 bits per heavy atom. The van der Waals surface area contributed by atoms with Crippen molar-refractivity contribution in [2.75, 3.05) is 36.8 Å².